The molecule has 0 aromatic rings. The Labute approximate surface area is 41.2 Å². The summed E-state index contributed by atoms with van der Waals surface area (Å²) in [5, 5.41) is 0. The van der Waals surface area contributed by atoms with Crippen LogP contribution in [0.25, 0.3) is 0 Å². The summed E-state index contributed by atoms with van der Waals surface area (Å²) < 4.78 is 8.88. The van der Waals surface area contributed by atoms with Crippen LogP contribution in [0.4, 0.5) is 0 Å². The Morgan fingerprint density at radius 2 is 1.33 bits per heavy atom. The van der Waals surface area contributed by atoms with Crippen LogP contribution in [0.15, 0.2) is 0 Å². The third-order valence-corrected chi connectivity index (χ3v) is 0. The molecule has 6 heavy (non-hydrogen) atoms. The van der Waals surface area contributed by atoms with Gasteiger partial charge in [0.15, 0.2) is 0 Å². The average molecular weight is 109 g/mol. The Kier molecular flexibility index (Phi) is 3.90. The Bertz CT molecular complexity index is 60.2. The van der Waals surface area contributed by atoms with Gasteiger partial charge in [0, 0.05) is 0 Å². The van der Waals surface area contributed by atoms with Crippen molar-refractivity contribution in [3.8, 4) is 0 Å². The molecular weight excluding hydrogens is 104 g/mol. The Hall–Kier alpha value is 0.279. The molecule has 0 saturated heterocycles. The van der Waals surface area contributed by atoms with Crippen molar-refractivity contribution in [1.29, 1.82) is 0 Å². The van der Waals surface area contributed by atoms with Crippen molar-refractivity contribution in [3.63, 3.8) is 0 Å². The first-order chi connectivity index (χ1) is 2.00. The summed E-state index contributed by atoms with van der Waals surface area (Å²) in [4.78, 5) is 21.6. The van der Waals surface area contributed by atoms with Gasteiger partial charge in [-0.3, -0.25) is 0 Å². The molecule has 0 radical (unpaired) electrons. The quantitative estimate of drug-likeness (QED) is 0.273. The molecule has 0 bridgehead atoms. The maximum atomic E-state index is 8.88. The SMILES string of the molecule is O=P(O)(O)O.[Be+2].[H-].[H-]. The smallest absolute Gasteiger partial charge is 1.00 e. The van der Waals surface area contributed by atoms with Gasteiger partial charge in [-0.05, 0) is 0 Å². The van der Waals surface area contributed by atoms with Crippen LogP contribution in [0.1, 0.15) is 2.85 Å². The molecule has 0 aromatic carbocycles. The zero-order valence-electron chi connectivity index (χ0n) is 4.90. The minimum atomic E-state index is -4.64. The van der Waals surface area contributed by atoms with Gasteiger partial charge in [-0.2, -0.15) is 0 Å². The van der Waals surface area contributed by atoms with E-state index in [4.69, 9.17) is 19.2 Å². The second-order valence-corrected chi connectivity index (χ2v) is 1.54. The number of phosphoric acid groups is 1. The van der Waals surface area contributed by atoms with Crippen LogP contribution in [-0.4, -0.2) is 24.8 Å². The molecule has 4 nitrogen and oxygen atoms in total. The molecule has 0 fully saturated rings. The zero-order chi connectivity index (χ0) is 4.50. The Morgan fingerprint density at radius 3 is 1.33 bits per heavy atom. The summed E-state index contributed by atoms with van der Waals surface area (Å²) in [5.41, 5.74) is 0. The molecule has 0 heterocycles. The summed E-state index contributed by atoms with van der Waals surface area (Å²) in [7, 11) is -4.64. The van der Waals surface area contributed by atoms with Gasteiger partial charge in [0.25, 0.3) is 0 Å². The number of hydrogen-bond donors (Lipinski definition) is 3. The molecule has 0 aromatic heterocycles. The van der Waals surface area contributed by atoms with Gasteiger partial charge in [0.1, 0.15) is 0 Å². The van der Waals surface area contributed by atoms with E-state index in [9.17, 15) is 0 Å². The van der Waals surface area contributed by atoms with Crippen molar-refractivity contribution in [1.82, 2.24) is 0 Å². The average Bonchev–Trinajstić information content (AvgIpc) is 0.722. The standard InChI is InChI=1S/Be.H3O4P.2H/c;1-5(2,3)4;;/h;(H3,1,2,3,4);;/q+2;;2*-1. The van der Waals surface area contributed by atoms with E-state index in [2.05, 4.69) is 0 Å². The van der Waals surface area contributed by atoms with E-state index in [1.165, 1.54) is 0 Å². The first kappa shape index (κ1) is 9.56. The summed E-state index contributed by atoms with van der Waals surface area (Å²) in [6.45, 7) is 0. The predicted octanol–water partition coefficient (Wildman–Crippen LogP) is -1.08. The molecule has 0 amide bonds. The molecule has 0 atom stereocenters. The number of hydrogen-bond acceptors (Lipinski definition) is 1. The summed E-state index contributed by atoms with van der Waals surface area (Å²) in [6.07, 6.45) is 0. The van der Waals surface area contributed by atoms with Gasteiger partial charge in [0.05, 0.1) is 0 Å². The minimum Gasteiger partial charge on any atom is -1.00 e. The van der Waals surface area contributed by atoms with Crippen LogP contribution >= 0.6 is 7.82 Å². The third kappa shape index (κ3) is 592. The van der Waals surface area contributed by atoms with Crippen LogP contribution in [-0.2, 0) is 4.57 Å². The van der Waals surface area contributed by atoms with Crippen molar-refractivity contribution < 1.29 is 22.1 Å². The third-order valence-electron chi connectivity index (χ3n) is 0. The first-order valence-electron chi connectivity index (χ1n) is 0.783. The van der Waals surface area contributed by atoms with E-state index in [-0.39, 0.29) is 13.0 Å². The van der Waals surface area contributed by atoms with Crippen LogP contribution in [0.5, 0.6) is 0 Å². The second kappa shape index (κ2) is 2.45. The summed E-state index contributed by atoms with van der Waals surface area (Å²) in [6, 6.07) is 0. The summed E-state index contributed by atoms with van der Waals surface area (Å²) >= 11 is 0. The van der Waals surface area contributed by atoms with Gasteiger partial charge >= 0.3 is 17.9 Å². The molecule has 0 unspecified atom stereocenters. The van der Waals surface area contributed by atoms with Gasteiger partial charge in [-0.25, -0.2) is 4.57 Å². The fourth-order valence-electron chi connectivity index (χ4n) is 0. The molecule has 3 N–H and O–H groups in total. The van der Waals surface area contributed by atoms with Crippen LogP contribution in [0.2, 0.25) is 0 Å². The Balaban J connectivity index is -0.0000000267. The zero-order valence-corrected chi connectivity index (χ0v) is 3.80. The largest absolute Gasteiger partial charge is 2.00 e. The van der Waals surface area contributed by atoms with Crippen LogP contribution in [0, 0.1) is 0 Å². The maximum absolute atomic E-state index is 8.88. The summed E-state index contributed by atoms with van der Waals surface area (Å²) in [5.74, 6) is 0. The fraction of sp³-hybridized carbons (Fsp3) is 0. The van der Waals surface area contributed by atoms with E-state index in [1.807, 2.05) is 0 Å². The van der Waals surface area contributed by atoms with Gasteiger partial charge in [0.2, 0.25) is 0 Å². The van der Waals surface area contributed by atoms with Gasteiger partial charge in [-0.15, -0.1) is 0 Å². The van der Waals surface area contributed by atoms with E-state index in [1.54, 1.807) is 0 Å². The van der Waals surface area contributed by atoms with Gasteiger partial charge < -0.3 is 17.5 Å². The first-order valence-corrected chi connectivity index (χ1v) is 2.35. The molecule has 0 spiro atoms. The molecule has 0 aliphatic carbocycles. The molecule has 0 saturated carbocycles. The molecular formula is H5BeO4P. The van der Waals surface area contributed by atoms with Crippen LogP contribution < -0.4 is 0 Å². The predicted molar refractivity (Wildman–Crippen MR) is 22.2 cm³/mol. The van der Waals surface area contributed by atoms with E-state index < -0.39 is 7.82 Å². The normalized spacial score (nSPS) is 9.83. The molecule has 0 aliphatic heterocycles. The topological polar surface area (TPSA) is 77.8 Å². The van der Waals surface area contributed by atoms with Crippen molar-refractivity contribution in [3.05, 3.63) is 0 Å². The maximum Gasteiger partial charge on any atom is 2.00 e. The second-order valence-electron chi connectivity index (χ2n) is 0.513. The fourth-order valence-corrected chi connectivity index (χ4v) is 0. The van der Waals surface area contributed by atoms with Crippen molar-refractivity contribution in [2.45, 2.75) is 0 Å². The van der Waals surface area contributed by atoms with Crippen molar-refractivity contribution in [2.75, 3.05) is 0 Å². The Morgan fingerprint density at radius 1 is 1.33 bits per heavy atom. The van der Waals surface area contributed by atoms with E-state index in [0.717, 1.165) is 0 Å². The van der Waals surface area contributed by atoms with E-state index in [0.29, 0.717) is 0 Å². The van der Waals surface area contributed by atoms with Crippen molar-refractivity contribution >= 4 is 17.9 Å². The van der Waals surface area contributed by atoms with Crippen LogP contribution in [0.3, 0.4) is 0 Å². The molecule has 0 aliphatic rings. The molecule has 36 valence electrons. The van der Waals surface area contributed by atoms with Crippen molar-refractivity contribution in [2.24, 2.45) is 0 Å². The van der Waals surface area contributed by atoms with Gasteiger partial charge in [-0.1, -0.05) is 0 Å². The van der Waals surface area contributed by atoms with E-state index >= 15 is 0 Å². The minimum absolute atomic E-state index is 0. The molecule has 0 rings (SSSR count). The monoisotopic (exact) mass is 109 g/mol. The molecule has 6 heteroatoms. The number of rotatable bonds is 0.